The number of nitrogens with zero attached hydrogens (tertiary/aromatic N) is 5. The number of benzene rings is 2. The molecule has 3 aromatic rings. The average molecular weight is 390 g/mol. The summed E-state index contributed by atoms with van der Waals surface area (Å²) >= 11 is 0. The number of carbonyl (C=O) groups is 2. The largest absolute Gasteiger partial charge is 0.325 e. The summed E-state index contributed by atoms with van der Waals surface area (Å²) in [5.74, 6) is 0.181. The van der Waals surface area contributed by atoms with Crippen molar-refractivity contribution in [3.05, 3.63) is 54.1 Å². The number of anilines is 2. The number of amides is 2. The van der Waals surface area contributed by atoms with Gasteiger partial charge in [-0.3, -0.25) is 9.59 Å². The maximum absolute atomic E-state index is 12.9. The van der Waals surface area contributed by atoms with Gasteiger partial charge in [-0.15, -0.1) is 10.2 Å². The van der Waals surface area contributed by atoms with Crippen molar-refractivity contribution >= 4 is 23.2 Å². The number of rotatable bonds is 5. The Balaban J connectivity index is 1.54. The summed E-state index contributed by atoms with van der Waals surface area (Å²) in [7, 11) is 0. The maximum atomic E-state index is 12.9. The van der Waals surface area contributed by atoms with Crippen molar-refractivity contribution in [1.29, 1.82) is 0 Å². The van der Waals surface area contributed by atoms with Crippen LogP contribution in [0.5, 0.6) is 0 Å². The van der Waals surface area contributed by atoms with Gasteiger partial charge in [0.2, 0.25) is 11.7 Å². The van der Waals surface area contributed by atoms with Crippen LogP contribution in [-0.4, -0.2) is 38.1 Å². The summed E-state index contributed by atoms with van der Waals surface area (Å²) in [6.07, 6.45) is 1.21. The topological polar surface area (TPSA) is 93.0 Å². The quantitative estimate of drug-likeness (QED) is 0.723. The Morgan fingerprint density at radius 2 is 1.90 bits per heavy atom. The predicted molar refractivity (Wildman–Crippen MR) is 109 cm³/mol. The lowest BCUT2D eigenvalue weighted by molar-refractivity contribution is -0.120. The van der Waals surface area contributed by atoms with Crippen molar-refractivity contribution in [1.82, 2.24) is 20.2 Å². The van der Waals surface area contributed by atoms with Crippen molar-refractivity contribution in [3.63, 3.8) is 0 Å². The molecule has 0 aliphatic carbocycles. The maximum Gasteiger partial charge on any atom is 0.250 e. The molecule has 1 aliphatic heterocycles. The first-order chi connectivity index (χ1) is 14.1. The van der Waals surface area contributed by atoms with Crippen molar-refractivity contribution in [2.24, 2.45) is 0 Å². The van der Waals surface area contributed by atoms with Crippen molar-refractivity contribution in [2.45, 2.75) is 39.3 Å². The minimum Gasteiger partial charge on any atom is -0.325 e. The van der Waals surface area contributed by atoms with E-state index in [0.717, 1.165) is 12.1 Å². The number of aromatic nitrogens is 4. The number of carbonyl (C=O) groups excluding carboxylic acids is 2. The number of para-hydroxylation sites is 2. The zero-order valence-electron chi connectivity index (χ0n) is 16.4. The Morgan fingerprint density at radius 1 is 1.14 bits per heavy atom. The van der Waals surface area contributed by atoms with Crippen LogP contribution in [0.15, 0.2) is 48.5 Å². The van der Waals surface area contributed by atoms with E-state index in [1.807, 2.05) is 49.4 Å². The van der Waals surface area contributed by atoms with Gasteiger partial charge in [0, 0.05) is 23.7 Å². The van der Waals surface area contributed by atoms with E-state index in [1.165, 1.54) is 10.4 Å². The fourth-order valence-electron chi connectivity index (χ4n) is 3.59. The zero-order chi connectivity index (χ0) is 20.4. The molecule has 148 valence electrons. The fraction of sp³-hybridized carbons (Fsp3) is 0.286. The molecule has 0 radical (unpaired) electrons. The Hall–Kier alpha value is -3.55. The summed E-state index contributed by atoms with van der Waals surface area (Å²) < 4.78 is 0. The minimum absolute atomic E-state index is 0.00480. The molecular formula is C21H22N6O2. The first-order valence-corrected chi connectivity index (χ1v) is 9.64. The Morgan fingerprint density at radius 3 is 2.72 bits per heavy atom. The molecule has 2 heterocycles. The van der Waals surface area contributed by atoms with E-state index in [2.05, 4.69) is 20.7 Å². The lowest BCUT2D eigenvalue weighted by atomic mass is 10.1. The Labute approximate surface area is 168 Å². The molecule has 0 bridgehead atoms. The smallest absolute Gasteiger partial charge is 0.250 e. The highest BCUT2D eigenvalue weighted by Crippen LogP contribution is 2.32. The summed E-state index contributed by atoms with van der Waals surface area (Å²) in [5, 5.41) is 15.3. The van der Waals surface area contributed by atoms with Gasteiger partial charge in [-0.2, -0.15) is 4.80 Å². The number of hydrogen-bond donors (Lipinski definition) is 1. The van der Waals surface area contributed by atoms with Crippen LogP contribution in [-0.2, 0) is 22.6 Å². The van der Waals surface area contributed by atoms with Crippen LogP contribution in [0.3, 0.4) is 0 Å². The van der Waals surface area contributed by atoms with Gasteiger partial charge in [0.15, 0.2) is 0 Å². The molecule has 0 unspecified atom stereocenters. The van der Waals surface area contributed by atoms with Crippen LogP contribution in [0.1, 0.15) is 25.8 Å². The lowest BCUT2D eigenvalue weighted by Gasteiger charge is -2.22. The molecule has 2 aromatic carbocycles. The van der Waals surface area contributed by atoms with Gasteiger partial charge < -0.3 is 10.2 Å². The SMILES string of the molecule is CCC(=O)Nc1ccccc1-c1nnn(CC(=O)N2c3ccccc3C[C@H]2C)n1. The second-order valence-corrected chi connectivity index (χ2v) is 7.04. The van der Waals surface area contributed by atoms with Crippen LogP contribution < -0.4 is 10.2 Å². The fourth-order valence-corrected chi connectivity index (χ4v) is 3.59. The van der Waals surface area contributed by atoms with Gasteiger partial charge in [0.1, 0.15) is 6.54 Å². The normalized spacial score (nSPS) is 15.2. The standard InChI is InChI=1S/C21H22N6O2/c1-3-19(28)22-17-10-6-5-9-16(17)21-23-25-26(24-21)13-20(29)27-14(2)12-15-8-4-7-11-18(15)27/h4-11,14H,3,12-13H2,1-2H3,(H,22,28)/t14-/m1/s1. The van der Waals surface area contributed by atoms with E-state index >= 15 is 0 Å². The van der Waals surface area contributed by atoms with Gasteiger partial charge in [-0.05, 0) is 42.3 Å². The molecule has 1 aliphatic rings. The van der Waals surface area contributed by atoms with Crippen molar-refractivity contribution < 1.29 is 9.59 Å². The molecule has 0 fully saturated rings. The van der Waals surface area contributed by atoms with E-state index in [1.54, 1.807) is 17.9 Å². The van der Waals surface area contributed by atoms with Gasteiger partial charge >= 0.3 is 0 Å². The highest BCUT2D eigenvalue weighted by atomic mass is 16.2. The molecule has 2 amide bonds. The van der Waals surface area contributed by atoms with Crippen LogP contribution in [0.25, 0.3) is 11.4 Å². The van der Waals surface area contributed by atoms with Crippen LogP contribution >= 0.6 is 0 Å². The van der Waals surface area contributed by atoms with Crippen LogP contribution in [0, 0.1) is 0 Å². The molecule has 8 nitrogen and oxygen atoms in total. The van der Waals surface area contributed by atoms with Crippen molar-refractivity contribution in [2.75, 3.05) is 10.2 Å². The average Bonchev–Trinajstić information content (AvgIpc) is 3.31. The molecule has 0 saturated heterocycles. The van der Waals surface area contributed by atoms with E-state index in [0.29, 0.717) is 23.5 Å². The van der Waals surface area contributed by atoms with Gasteiger partial charge in [-0.1, -0.05) is 37.3 Å². The van der Waals surface area contributed by atoms with Gasteiger partial charge in [0.05, 0.1) is 5.69 Å². The molecule has 1 atom stereocenters. The third-order valence-electron chi connectivity index (χ3n) is 4.97. The van der Waals surface area contributed by atoms with E-state index < -0.39 is 0 Å². The minimum atomic E-state index is -0.0956. The first kappa shape index (κ1) is 18.8. The summed E-state index contributed by atoms with van der Waals surface area (Å²) in [6, 6.07) is 15.3. The second kappa shape index (κ2) is 7.83. The first-order valence-electron chi connectivity index (χ1n) is 9.64. The van der Waals surface area contributed by atoms with E-state index in [9.17, 15) is 9.59 Å². The molecule has 4 rings (SSSR count). The summed E-state index contributed by atoms with van der Waals surface area (Å²) in [4.78, 5) is 27.8. The van der Waals surface area contributed by atoms with Crippen molar-refractivity contribution in [3.8, 4) is 11.4 Å². The van der Waals surface area contributed by atoms with Gasteiger partial charge in [-0.25, -0.2) is 0 Å². The van der Waals surface area contributed by atoms with Crippen LogP contribution in [0.4, 0.5) is 11.4 Å². The van der Waals surface area contributed by atoms with E-state index in [4.69, 9.17) is 0 Å². The molecule has 8 heteroatoms. The van der Waals surface area contributed by atoms with E-state index in [-0.39, 0.29) is 24.4 Å². The highest BCUT2D eigenvalue weighted by Gasteiger charge is 2.31. The number of nitrogens with one attached hydrogen (secondary N) is 1. The number of hydrogen-bond acceptors (Lipinski definition) is 5. The van der Waals surface area contributed by atoms with Gasteiger partial charge in [0.25, 0.3) is 5.91 Å². The molecule has 0 saturated carbocycles. The Kier molecular flexibility index (Phi) is 5.07. The molecule has 1 aromatic heterocycles. The third-order valence-corrected chi connectivity index (χ3v) is 4.97. The molecular weight excluding hydrogens is 368 g/mol. The summed E-state index contributed by atoms with van der Waals surface area (Å²) in [5.41, 5.74) is 3.39. The molecule has 0 spiro atoms. The second-order valence-electron chi connectivity index (χ2n) is 7.04. The zero-order valence-corrected chi connectivity index (χ0v) is 16.4. The Bertz CT molecular complexity index is 1060. The molecule has 29 heavy (non-hydrogen) atoms. The number of tetrazole rings is 1. The predicted octanol–water partition coefficient (Wildman–Crippen LogP) is 2.67. The molecule has 1 N–H and O–H groups in total. The van der Waals surface area contributed by atoms with Crippen LogP contribution in [0.2, 0.25) is 0 Å². The summed E-state index contributed by atoms with van der Waals surface area (Å²) in [6.45, 7) is 3.81. The lowest BCUT2D eigenvalue weighted by Crippen LogP contribution is -2.38. The highest BCUT2D eigenvalue weighted by molar-refractivity contribution is 5.96. The number of fused-ring (bicyclic) bond motifs is 1. The third kappa shape index (κ3) is 3.73. The monoisotopic (exact) mass is 390 g/mol.